The third kappa shape index (κ3) is 15.8. The van der Waals surface area contributed by atoms with E-state index in [0.29, 0.717) is 23.2 Å². The Morgan fingerprint density at radius 1 is 0.406 bits per heavy atom. The lowest BCUT2D eigenvalue weighted by atomic mass is 10.1. The number of ether oxygens (including phenoxy) is 1. The maximum absolute atomic E-state index is 12.7. The van der Waals surface area contributed by atoms with Gasteiger partial charge in [-0.3, -0.25) is 4.79 Å². The van der Waals surface area contributed by atoms with Gasteiger partial charge >= 0.3 is 35.8 Å². The topological polar surface area (TPSA) is 204 Å². The zero-order chi connectivity index (χ0) is 46.4. The molecule has 0 unspecified atom stereocenters. The van der Waals surface area contributed by atoms with Crippen LogP contribution >= 0.6 is 0 Å². The fourth-order valence-electron chi connectivity index (χ4n) is 4.78. The zero-order valence-corrected chi connectivity index (χ0v) is 34.4. The molecule has 15 nitrogen and oxygen atoms in total. The van der Waals surface area contributed by atoms with Crippen molar-refractivity contribution in [1.82, 2.24) is 0 Å². The van der Waals surface area contributed by atoms with E-state index in [1.807, 2.05) is 20.8 Å². The van der Waals surface area contributed by atoms with Crippen LogP contribution in [-0.4, -0.2) is 47.4 Å². The summed E-state index contributed by atoms with van der Waals surface area (Å²) in [6.45, 7) is 6.00. The van der Waals surface area contributed by atoms with E-state index in [1.165, 1.54) is 36.4 Å². The van der Waals surface area contributed by atoms with E-state index in [2.05, 4.69) is 34.1 Å². The minimum atomic E-state index is -0.870. The molecule has 6 aromatic carbocycles. The zero-order valence-electron chi connectivity index (χ0n) is 34.4. The lowest BCUT2D eigenvalue weighted by molar-refractivity contribution is -0.187. The van der Waals surface area contributed by atoms with Crippen molar-refractivity contribution in [2.24, 2.45) is 0 Å². The summed E-state index contributed by atoms with van der Waals surface area (Å²) in [7, 11) is 0. The van der Waals surface area contributed by atoms with Crippen molar-refractivity contribution in [2.75, 3.05) is 0 Å². The number of aliphatic hydroxyl groups excluding tert-OH is 1. The normalized spacial score (nSPS) is 9.89. The third-order valence-electron chi connectivity index (χ3n) is 8.40. The van der Waals surface area contributed by atoms with Crippen LogP contribution in [0.2, 0.25) is 0 Å². The highest BCUT2D eigenvalue weighted by Crippen LogP contribution is 2.12. The van der Waals surface area contributed by atoms with Gasteiger partial charge in [-0.05, 0) is 117 Å². The van der Waals surface area contributed by atoms with E-state index >= 15 is 0 Å². The summed E-state index contributed by atoms with van der Waals surface area (Å²) in [5.41, 5.74) is 5.74. The average molecular weight is 875 g/mol. The van der Waals surface area contributed by atoms with Crippen molar-refractivity contribution in [1.29, 1.82) is 0 Å². The van der Waals surface area contributed by atoms with Crippen LogP contribution < -0.4 is 0 Å². The summed E-state index contributed by atoms with van der Waals surface area (Å²) < 4.78 is 17.3. The van der Waals surface area contributed by atoms with Gasteiger partial charge in [-0.15, -0.1) is 0 Å². The summed E-state index contributed by atoms with van der Waals surface area (Å²) in [4.78, 5) is 107. The molecule has 6 rings (SSSR count). The third-order valence-corrected chi connectivity index (χ3v) is 8.40. The molecular formula is C48H39FO15. The van der Waals surface area contributed by atoms with E-state index in [0.717, 1.165) is 28.8 Å². The Balaban J connectivity index is 0.000000211. The van der Waals surface area contributed by atoms with E-state index in [1.54, 1.807) is 97.1 Å². The van der Waals surface area contributed by atoms with Gasteiger partial charge in [0.05, 0.1) is 40.0 Å². The lowest BCUT2D eigenvalue weighted by Gasteiger charge is -2.04. The molecule has 0 radical (unpaired) electrons. The van der Waals surface area contributed by atoms with Gasteiger partial charge in [-0.25, -0.2) is 62.5 Å². The second-order valence-corrected chi connectivity index (χ2v) is 13.3. The highest BCUT2D eigenvalue weighted by molar-refractivity contribution is 5.94. The fourth-order valence-corrected chi connectivity index (χ4v) is 4.78. The van der Waals surface area contributed by atoms with Gasteiger partial charge in [0.2, 0.25) is 0 Å². The van der Waals surface area contributed by atoms with Crippen LogP contribution in [0, 0.1) is 26.6 Å². The number of rotatable bonds is 10. The van der Waals surface area contributed by atoms with Crippen molar-refractivity contribution in [2.45, 2.75) is 34.0 Å². The van der Waals surface area contributed by atoms with Crippen LogP contribution in [0.1, 0.15) is 90.0 Å². The first-order valence-corrected chi connectivity index (χ1v) is 18.9. The maximum atomic E-state index is 12.7. The molecular weight excluding hydrogens is 836 g/mol. The van der Waals surface area contributed by atoms with Crippen molar-refractivity contribution >= 4 is 42.3 Å². The number of carbonyl (C=O) groups is 7. The lowest BCUT2D eigenvalue weighted by Crippen LogP contribution is -2.11. The molecule has 0 aromatic heterocycles. The van der Waals surface area contributed by atoms with Gasteiger partial charge in [0, 0.05) is 0 Å². The SMILES string of the molecule is Cc1ccc(C(=O)OOC(=O)c2ccc(CO)cc2)cc1.Cc1ccc(C(=O)OOC(=O)c2ccc(COC=O)cc2)cc1.Cc1ccc(C(=O)OOC(=O)c2ccc(F)cc2)cc1. The molecule has 0 aliphatic heterocycles. The number of benzene rings is 6. The van der Waals surface area contributed by atoms with Gasteiger partial charge in [-0.2, -0.15) is 0 Å². The molecule has 0 fully saturated rings. The quantitative estimate of drug-likeness (QED) is 0.0785. The highest BCUT2D eigenvalue weighted by Gasteiger charge is 2.16. The Morgan fingerprint density at radius 2 is 0.641 bits per heavy atom. The molecule has 6 aromatic rings. The molecule has 64 heavy (non-hydrogen) atoms. The van der Waals surface area contributed by atoms with Gasteiger partial charge in [0.15, 0.2) is 0 Å². The minimum Gasteiger partial charge on any atom is -0.463 e. The Bertz CT molecular complexity index is 2440. The van der Waals surface area contributed by atoms with E-state index in [4.69, 9.17) is 5.11 Å². The Morgan fingerprint density at radius 3 is 0.891 bits per heavy atom. The van der Waals surface area contributed by atoms with Crippen molar-refractivity contribution in [3.63, 3.8) is 0 Å². The largest absolute Gasteiger partial charge is 0.463 e. The second kappa shape index (κ2) is 24.7. The summed E-state index contributed by atoms with van der Waals surface area (Å²) in [5.74, 6) is -5.19. The number of hydrogen-bond donors (Lipinski definition) is 1. The molecule has 0 spiro atoms. The first-order valence-electron chi connectivity index (χ1n) is 18.9. The molecule has 328 valence electrons. The van der Waals surface area contributed by atoms with Crippen LogP contribution in [0.25, 0.3) is 0 Å². The maximum Gasteiger partial charge on any atom is 0.386 e. The number of halogens is 1. The van der Waals surface area contributed by atoms with Crippen LogP contribution in [0.15, 0.2) is 146 Å². The molecule has 0 bridgehead atoms. The van der Waals surface area contributed by atoms with E-state index in [-0.39, 0.29) is 41.0 Å². The predicted molar refractivity (Wildman–Crippen MR) is 222 cm³/mol. The monoisotopic (exact) mass is 874 g/mol. The summed E-state index contributed by atoms with van der Waals surface area (Å²) in [6, 6.07) is 36.9. The standard InChI is InChI=1S/C17H14O6.C16H14O5.C15H11FO4/c1-12-2-6-14(7-3-12)16(19)22-23-17(20)15-8-4-13(5-9-15)10-21-11-18;1-11-2-6-13(7-3-11)15(18)20-21-16(19)14-8-4-12(10-17)5-9-14;1-10-2-4-11(5-3-10)14(17)19-20-15(18)12-6-8-13(16)9-7-12/h2-9,11H,10H2,1H3;2-9,17H,10H2,1H3;2-9H,1H3. The summed E-state index contributed by atoms with van der Waals surface area (Å²) >= 11 is 0. The molecule has 0 amide bonds. The highest BCUT2D eigenvalue weighted by atomic mass is 19.1. The van der Waals surface area contributed by atoms with Crippen molar-refractivity contribution in [3.8, 4) is 0 Å². The van der Waals surface area contributed by atoms with Crippen LogP contribution in [0.4, 0.5) is 4.39 Å². The first kappa shape index (κ1) is 48.2. The Labute approximate surface area is 365 Å². The van der Waals surface area contributed by atoms with Crippen LogP contribution in [-0.2, 0) is 52.1 Å². The Hall–Kier alpha value is -8.50. The summed E-state index contributed by atoms with van der Waals surface area (Å²) in [5, 5.41) is 8.90. The minimum absolute atomic E-state index is 0.0862. The number of aliphatic hydroxyl groups is 1. The number of carbonyl (C=O) groups excluding carboxylic acids is 7. The Kier molecular flexibility index (Phi) is 18.6. The van der Waals surface area contributed by atoms with Crippen molar-refractivity contribution < 1.29 is 77.1 Å². The predicted octanol–water partition coefficient (Wildman–Crippen LogP) is 8.08. The van der Waals surface area contributed by atoms with E-state index in [9.17, 15) is 38.0 Å². The van der Waals surface area contributed by atoms with Gasteiger partial charge in [0.1, 0.15) is 12.4 Å². The van der Waals surface area contributed by atoms with Crippen LogP contribution in [0.3, 0.4) is 0 Å². The molecule has 1 N–H and O–H groups in total. The molecule has 0 atom stereocenters. The molecule has 0 aliphatic carbocycles. The van der Waals surface area contributed by atoms with Gasteiger partial charge < -0.3 is 9.84 Å². The van der Waals surface area contributed by atoms with Crippen molar-refractivity contribution in [3.05, 3.63) is 213 Å². The number of hydrogen-bond acceptors (Lipinski definition) is 15. The molecule has 0 aliphatic rings. The molecule has 16 heteroatoms. The second-order valence-electron chi connectivity index (χ2n) is 13.3. The smallest absolute Gasteiger partial charge is 0.386 e. The van der Waals surface area contributed by atoms with Gasteiger partial charge in [0.25, 0.3) is 6.47 Å². The first-order chi connectivity index (χ1) is 30.8. The molecule has 0 heterocycles. The van der Waals surface area contributed by atoms with E-state index < -0.39 is 41.6 Å². The van der Waals surface area contributed by atoms with Crippen LogP contribution in [0.5, 0.6) is 0 Å². The summed E-state index contributed by atoms with van der Waals surface area (Å²) in [6.07, 6.45) is 0. The number of aryl methyl sites for hydroxylation is 3. The average Bonchev–Trinajstić information content (AvgIpc) is 3.32. The fraction of sp³-hybridized carbons (Fsp3) is 0.104. The molecule has 0 saturated heterocycles. The van der Waals surface area contributed by atoms with Gasteiger partial charge in [-0.1, -0.05) is 77.4 Å². The molecule has 0 saturated carbocycles.